The number of para-hydroxylation sites is 1. The molecule has 8 heteroatoms. The maximum atomic E-state index is 13.2. The maximum absolute atomic E-state index is 13.2. The number of aromatic amines is 1. The van der Waals surface area contributed by atoms with Gasteiger partial charge in [0.05, 0.1) is 11.5 Å². The second-order valence-corrected chi connectivity index (χ2v) is 8.66. The van der Waals surface area contributed by atoms with E-state index in [1.54, 1.807) is 18.3 Å². The molecule has 3 aromatic rings. The van der Waals surface area contributed by atoms with E-state index in [0.29, 0.717) is 12.2 Å². The first-order chi connectivity index (χ1) is 15.2. The van der Waals surface area contributed by atoms with Gasteiger partial charge in [-0.25, -0.2) is 4.79 Å². The number of nitrogens with zero attached hydrogens (tertiary/aromatic N) is 1. The summed E-state index contributed by atoms with van der Waals surface area (Å²) in [4.78, 5) is 42.1. The summed E-state index contributed by atoms with van der Waals surface area (Å²) in [5.74, 6) is -2.65. The largest absolute Gasteiger partial charge is 0.478 e. The summed E-state index contributed by atoms with van der Waals surface area (Å²) in [7, 11) is 0. The number of amides is 1. The first kappa shape index (κ1) is 21.6. The lowest BCUT2D eigenvalue weighted by atomic mass is 9.89. The summed E-state index contributed by atoms with van der Waals surface area (Å²) < 4.78 is 5.76. The van der Waals surface area contributed by atoms with Crippen molar-refractivity contribution in [1.29, 1.82) is 0 Å². The van der Waals surface area contributed by atoms with Crippen molar-refractivity contribution >= 4 is 34.4 Å². The summed E-state index contributed by atoms with van der Waals surface area (Å²) in [5.41, 5.74) is 7.60. The zero-order valence-corrected chi connectivity index (χ0v) is 17.9. The van der Waals surface area contributed by atoms with Crippen LogP contribution in [0.5, 0.6) is 0 Å². The Labute approximate surface area is 185 Å². The van der Waals surface area contributed by atoms with E-state index < -0.39 is 29.4 Å². The molecule has 1 aliphatic heterocycles. The highest BCUT2D eigenvalue weighted by molar-refractivity contribution is 6.01. The lowest BCUT2D eigenvalue weighted by Gasteiger charge is -2.25. The predicted molar refractivity (Wildman–Crippen MR) is 120 cm³/mol. The van der Waals surface area contributed by atoms with Gasteiger partial charge in [-0.3, -0.25) is 9.59 Å². The topological polar surface area (TPSA) is 126 Å². The fourth-order valence-corrected chi connectivity index (χ4v) is 4.19. The number of nitrogens with two attached hydrogens (primary N) is 1. The fraction of sp³-hybridized carbons (Fsp3) is 0.292. The average Bonchev–Trinajstić information content (AvgIpc) is 3.29. The van der Waals surface area contributed by atoms with Gasteiger partial charge in [0.2, 0.25) is 0 Å². The molecule has 4 N–H and O–H groups in total. The third kappa shape index (κ3) is 3.73. The van der Waals surface area contributed by atoms with Gasteiger partial charge in [0.25, 0.3) is 5.91 Å². The number of carbonyl (C=O) groups excluding carboxylic acids is 2. The maximum Gasteiger partial charge on any atom is 0.335 e. The van der Waals surface area contributed by atoms with E-state index in [1.807, 2.05) is 38.1 Å². The summed E-state index contributed by atoms with van der Waals surface area (Å²) >= 11 is 0. The second kappa shape index (κ2) is 8.12. The van der Waals surface area contributed by atoms with Gasteiger partial charge in [0, 0.05) is 41.3 Å². The first-order valence-corrected chi connectivity index (χ1v) is 10.3. The third-order valence-electron chi connectivity index (χ3n) is 5.94. The number of benzene rings is 2. The van der Waals surface area contributed by atoms with Gasteiger partial charge in [-0.05, 0) is 35.9 Å². The average molecular weight is 435 g/mol. The van der Waals surface area contributed by atoms with Crippen LogP contribution in [0.2, 0.25) is 0 Å². The molecule has 0 unspecified atom stereocenters. The normalized spacial score (nSPS) is 18.7. The number of aromatic carboxylic acids is 1. The molecule has 1 fully saturated rings. The highest BCUT2D eigenvalue weighted by Crippen LogP contribution is 2.37. The number of nitrogens with one attached hydrogen (secondary N) is 1. The van der Waals surface area contributed by atoms with Crippen LogP contribution >= 0.6 is 0 Å². The van der Waals surface area contributed by atoms with Crippen molar-refractivity contribution in [3.8, 4) is 0 Å². The van der Waals surface area contributed by atoms with Crippen LogP contribution in [-0.2, 0) is 14.3 Å². The number of hydrogen-bond donors (Lipinski definition) is 3. The van der Waals surface area contributed by atoms with Gasteiger partial charge in [-0.1, -0.05) is 32.0 Å². The Morgan fingerprint density at radius 1 is 1.22 bits per heavy atom. The van der Waals surface area contributed by atoms with Gasteiger partial charge in [-0.2, -0.15) is 0 Å². The molecule has 0 radical (unpaired) electrons. The highest BCUT2D eigenvalue weighted by Gasteiger charge is 2.50. The van der Waals surface area contributed by atoms with Gasteiger partial charge in [0.1, 0.15) is 0 Å². The summed E-state index contributed by atoms with van der Waals surface area (Å²) in [6, 6.07) is 13.6. The summed E-state index contributed by atoms with van der Waals surface area (Å²) in [6.45, 7) is 4.09. The molecular weight excluding hydrogens is 410 g/mol. The van der Waals surface area contributed by atoms with Crippen LogP contribution < -0.4 is 10.6 Å². The second-order valence-electron chi connectivity index (χ2n) is 8.66. The number of anilines is 1. The third-order valence-corrected chi connectivity index (χ3v) is 5.94. The van der Waals surface area contributed by atoms with Crippen LogP contribution in [0.1, 0.15) is 35.7 Å². The van der Waals surface area contributed by atoms with E-state index in [-0.39, 0.29) is 18.0 Å². The van der Waals surface area contributed by atoms with Gasteiger partial charge < -0.3 is 25.5 Å². The van der Waals surface area contributed by atoms with E-state index in [1.165, 1.54) is 17.0 Å². The number of fused-ring (bicyclic) bond motifs is 1. The van der Waals surface area contributed by atoms with Crippen molar-refractivity contribution in [3.63, 3.8) is 0 Å². The molecule has 2 aromatic carbocycles. The Morgan fingerprint density at radius 2 is 1.91 bits per heavy atom. The Morgan fingerprint density at radius 3 is 2.56 bits per heavy atom. The fourth-order valence-electron chi connectivity index (χ4n) is 4.19. The molecular formula is C24H25N3O5. The van der Waals surface area contributed by atoms with Crippen molar-refractivity contribution in [2.75, 3.05) is 18.0 Å². The van der Waals surface area contributed by atoms with E-state index in [2.05, 4.69) is 4.98 Å². The van der Waals surface area contributed by atoms with Gasteiger partial charge in [-0.15, -0.1) is 0 Å². The first-order valence-electron chi connectivity index (χ1n) is 10.3. The number of esters is 1. The van der Waals surface area contributed by atoms with Gasteiger partial charge >= 0.3 is 11.9 Å². The van der Waals surface area contributed by atoms with Crippen LogP contribution in [-0.4, -0.2) is 47.1 Å². The molecule has 4 rings (SSSR count). The molecule has 166 valence electrons. The number of hydrogen-bond acceptors (Lipinski definition) is 5. The quantitative estimate of drug-likeness (QED) is 0.511. The Bertz CT molecular complexity index is 1180. The minimum absolute atomic E-state index is 0.0440. The SMILES string of the molecule is CC1(C)CN(c2ccc(C(=O)O)cc2)C(=O)[C@@H]1OC(=O)[C@H](CN)c1c[nH]c2ccccc12. The number of carbonyl (C=O) groups is 3. The number of ether oxygens (including phenoxy) is 1. The highest BCUT2D eigenvalue weighted by atomic mass is 16.6. The van der Waals surface area contributed by atoms with E-state index in [9.17, 15) is 14.4 Å². The molecule has 1 amide bonds. The summed E-state index contributed by atoms with van der Waals surface area (Å²) in [6.07, 6.45) is 0.773. The minimum atomic E-state index is -1.04. The Balaban J connectivity index is 1.56. The number of H-pyrrole nitrogens is 1. The van der Waals surface area contributed by atoms with Crippen molar-refractivity contribution in [2.24, 2.45) is 11.1 Å². The van der Waals surface area contributed by atoms with Crippen molar-refractivity contribution in [3.05, 3.63) is 65.9 Å². The van der Waals surface area contributed by atoms with Crippen LogP contribution in [0, 0.1) is 5.41 Å². The van der Waals surface area contributed by atoms with Crippen molar-refractivity contribution in [1.82, 2.24) is 4.98 Å². The van der Waals surface area contributed by atoms with Crippen molar-refractivity contribution in [2.45, 2.75) is 25.9 Å². The molecule has 1 aliphatic rings. The molecule has 2 heterocycles. The van der Waals surface area contributed by atoms with E-state index in [0.717, 1.165) is 16.5 Å². The molecule has 2 atom stereocenters. The molecule has 0 bridgehead atoms. The van der Waals surface area contributed by atoms with Crippen molar-refractivity contribution < 1.29 is 24.2 Å². The minimum Gasteiger partial charge on any atom is -0.478 e. The standard InChI is InChI=1S/C24H25N3O5/c1-24(2)13-27(15-9-7-14(8-10-15)22(29)30)21(28)20(24)32-23(31)17(11-25)18-12-26-19-6-4-3-5-16(18)19/h3-10,12,17,20,26H,11,13,25H2,1-2H3,(H,29,30)/t17-,20+/m1/s1. The molecule has 1 aromatic heterocycles. The number of aromatic nitrogens is 1. The molecule has 0 spiro atoms. The molecule has 0 saturated carbocycles. The Kier molecular flexibility index (Phi) is 5.48. The van der Waals surface area contributed by atoms with Crippen LogP contribution in [0.4, 0.5) is 5.69 Å². The zero-order chi connectivity index (χ0) is 23.0. The lowest BCUT2D eigenvalue weighted by molar-refractivity contribution is -0.159. The van der Waals surface area contributed by atoms with E-state index in [4.69, 9.17) is 15.6 Å². The van der Waals surface area contributed by atoms with Crippen LogP contribution in [0.25, 0.3) is 10.9 Å². The zero-order valence-electron chi connectivity index (χ0n) is 17.9. The van der Waals surface area contributed by atoms with E-state index >= 15 is 0 Å². The monoisotopic (exact) mass is 435 g/mol. The molecule has 0 aliphatic carbocycles. The summed E-state index contributed by atoms with van der Waals surface area (Å²) in [5, 5.41) is 9.97. The number of carboxylic acid groups (broad SMARTS) is 1. The molecule has 32 heavy (non-hydrogen) atoms. The number of rotatable bonds is 6. The molecule has 1 saturated heterocycles. The van der Waals surface area contributed by atoms with Gasteiger partial charge in [0.15, 0.2) is 6.10 Å². The number of carboxylic acids is 1. The van der Waals surface area contributed by atoms with Crippen LogP contribution in [0.15, 0.2) is 54.7 Å². The lowest BCUT2D eigenvalue weighted by Crippen LogP contribution is -2.38. The smallest absolute Gasteiger partial charge is 0.335 e. The predicted octanol–water partition coefficient (Wildman–Crippen LogP) is 2.89. The van der Waals surface area contributed by atoms with Crippen LogP contribution in [0.3, 0.4) is 0 Å². The molecule has 8 nitrogen and oxygen atoms in total. The Hall–Kier alpha value is -3.65.